The number of nitrogens with zero attached hydrogens (tertiary/aromatic N) is 1. The highest BCUT2D eigenvalue weighted by atomic mass is 16.2. The summed E-state index contributed by atoms with van der Waals surface area (Å²) in [7, 11) is 3.46. The molecule has 0 bridgehead atoms. The fourth-order valence-electron chi connectivity index (χ4n) is 1.46. The number of rotatable bonds is 5. The van der Waals surface area contributed by atoms with Gasteiger partial charge in [0.05, 0.1) is 12.1 Å². The van der Waals surface area contributed by atoms with Crippen LogP contribution in [-0.4, -0.2) is 43.9 Å². The lowest BCUT2D eigenvalue weighted by molar-refractivity contribution is -0.128. The van der Waals surface area contributed by atoms with Crippen LogP contribution in [0.15, 0.2) is 24.3 Å². The highest BCUT2D eigenvalue weighted by Gasteiger charge is 2.12. The molecule has 98 valence electrons. The van der Waals surface area contributed by atoms with Crippen LogP contribution in [0.3, 0.4) is 0 Å². The zero-order chi connectivity index (χ0) is 13.5. The Bertz CT molecular complexity index is 432. The number of likely N-dealkylation sites (N-methyl/N-ethyl adjacent to an activating group) is 1. The number of benzene rings is 1. The van der Waals surface area contributed by atoms with E-state index in [-0.39, 0.29) is 18.4 Å². The molecule has 5 heteroatoms. The van der Waals surface area contributed by atoms with Crippen LogP contribution in [0.1, 0.15) is 17.3 Å². The van der Waals surface area contributed by atoms with E-state index in [0.29, 0.717) is 12.1 Å². The topological polar surface area (TPSA) is 61.4 Å². The standard InChI is InChI=1S/C13H19N3O2/c1-4-16(3)12(17)9-15-13(18)10-7-5-6-8-11(10)14-2/h5-8,14H,4,9H2,1-3H3,(H,15,18). The zero-order valence-electron chi connectivity index (χ0n) is 11.0. The van der Waals surface area contributed by atoms with Gasteiger partial charge in [-0.25, -0.2) is 0 Å². The monoisotopic (exact) mass is 249 g/mol. The summed E-state index contributed by atoms with van der Waals surface area (Å²) in [6.45, 7) is 2.53. The predicted octanol–water partition coefficient (Wildman–Crippen LogP) is 0.936. The third-order valence-corrected chi connectivity index (χ3v) is 2.74. The van der Waals surface area contributed by atoms with Crippen LogP contribution in [0, 0.1) is 0 Å². The summed E-state index contributed by atoms with van der Waals surface area (Å²) < 4.78 is 0. The summed E-state index contributed by atoms with van der Waals surface area (Å²) in [5.41, 5.74) is 1.28. The van der Waals surface area contributed by atoms with Crippen molar-refractivity contribution < 1.29 is 9.59 Å². The van der Waals surface area contributed by atoms with E-state index in [2.05, 4.69) is 10.6 Å². The molecule has 0 aliphatic carbocycles. The third kappa shape index (κ3) is 3.48. The maximum absolute atomic E-state index is 11.9. The molecule has 0 radical (unpaired) electrons. The molecule has 0 fully saturated rings. The summed E-state index contributed by atoms with van der Waals surface area (Å²) in [6, 6.07) is 7.17. The molecule has 0 aromatic heterocycles. The summed E-state index contributed by atoms with van der Waals surface area (Å²) in [5, 5.41) is 5.56. The van der Waals surface area contributed by atoms with Gasteiger partial charge in [0.2, 0.25) is 5.91 Å². The first-order chi connectivity index (χ1) is 8.60. The van der Waals surface area contributed by atoms with Crippen molar-refractivity contribution in [3.8, 4) is 0 Å². The molecule has 5 nitrogen and oxygen atoms in total. The maximum atomic E-state index is 11.9. The number of nitrogens with one attached hydrogen (secondary N) is 2. The lowest BCUT2D eigenvalue weighted by Crippen LogP contribution is -2.38. The minimum Gasteiger partial charge on any atom is -0.387 e. The van der Waals surface area contributed by atoms with E-state index >= 15 is 0 Å². The first kappa shape index (κ1) is 14.0. The van der Waals surface area contributed by atoms with Gasteiger partial charge in [-0.2, -0.15) is 0 Å². The van der Waals surface area contributed by atoms with Crippen molar-refractivity contribution in [3.63, 3.8) is 0 Å². The second kappa shape index (κ2) is 6.64. The fourth-order valence-corrected chi connectivity index (χ4v) is 1.46. The molecular weight excluding hydrogens is 230 g/mol. The molecule has 1 aromatic carbocycles. The minimum absolute atomic E-state index is 0.0151. The maximum Gasteiger partial charge on any atom is 0.253 e. The second-order valence-corrected chi connectivity index (χ2v) is 3.89. The normalized spacial score (nSPS) is 9.72. The van der Waals surface area contributed by atoms with Gasteiger partial charge in [0, 0.05) is 26.3 Å². The number of para-hydroxylation sites is 1. The molecule has 0 atom stereocenters. The van der Waals surface area contributed by atoms with E-state index in [1.165, 1.54) is 0 Å². The fraction of sp³-hybridized carbons (Fsp3) is 0.385. The van der Waals surface area contributed by atoms with Crippen LogP contribution in [0.25, 0.3) is 0 Å². The van der Waals surface area contributed by atoms with Gasteiger partial charge in [0.15, 0.2) is 0 Å². The Labute approximate surface area is 107 Å². The minimum atomic E-state index is -0.252. The highest BCUT2D eigenvalue weighted by molar-refractivity contribution is 6.01. The molecule has 1 rings (SSSR count). The van der Waals surface area contributed by atoms with Crippen molar-refractivity contribution >= 4 is 17.5 Å². The molecule has 0 aliphatic rings. The van der Waals surface area contributed by atoms with E-state index in [9.17, 15) is 9.59 Å². The quantitative estimate of drug-likeness (QED) is 0.816. The van der Waals surface area contributed by atoms with E-state index in [1.807, 2.05) is 19.1 Å². The van der Waals surface area contributed by atoms with Crippen molar-refractivity contribution in [1.82, 2.24) is 10.2 Å². The average molecular weight is 249 g/mol. The van der Waals surface area contributed by atoms with Crippen LogP contribution in [0.5, 0.6) is 0 Å². The Hall–Kier alpha value is -2.04. The van der Waals surface area contributed by atoms with E-state index < -0.39 is 0 Å². The number of carbonyl (C=O) groups is 2. The van der Waals surface area contributed by atoms with Gasteiger partial charge in [-0.3, -0.25) is 9.59 Å². The molecule has 0 saturated heterocycles. The molecular formula is C13H19N3O2. The second-order valence-electron chi connectivity index (χ2n) is 3.89. The van der Waals surface area contributed by atoms with E-state index in [1.54, 1.807) is 31.1 Å². The van der Waals surface area contributed by atoms with Crippen LogP contribution in [-0.2, 0) is 4.79 Å². The number of amides is 2. The molecule has 0 aliphatic heterocycles. The molecule has 0 spiro atoms. The Morgan fingerprint density at radius 3 is 2.56 bits per heavy atom. The lowest BCUT2D eigenvalue weighted by Gasteiger charge is -2.15. The third-order valence-electron chi connectivity index (χ3n) is 2.74. The first-order valence-corrected chi connectivity index (χ1v) is 5.89. The molecule has 0 unspecified atom stereocenters. The number of hydrogen-bond acceptors (Lipinski definition) is 3. The molecule has 0 saturated carbocycles. The van der Waals surface area contributed by atoms with Crippen LogP contribution >= 0.6 is 0 Å². The average Bonchev–Trinajstić information content (AvgIpc) is 2.43. The summed E-state index contributed by atoms with van der Waals surface area (Å²) in [5.74, 6) is -0.356. The van der Waals surface area contributed by atoms with Crippen molar-refractivity contribution in [1.29, 1.82) is 0 Å². The number of hydrogen-bond donors (Lipinski definition) is 2. The number of carbonyl (C=O) groups excluding carboxylic acids is 2. The van der Waals surface area contributed by atoms with Gasteiger partial charge < -0.3 is 15.5 Å². The Balaban J connectivity index is 2.63. The Morgan fingerprint density at radius 1 is 1.28 bits per heavy atom. The predicted molar refractivity (Wildman–Crippen MR) is 71.6 cm³/mol. The summed E-state index contributed by atoms with van der Waals surface area (Å²) in [4.78, 5) is 25.0. The van der Waals surface area contributed by atoms with Crippen molar-refractivity contribution in [3.05, 3.63) is 29.8 Å². The SMILES string of the molecule is CCN(C)C(=O)CNC(=O)c1ccccc1NC. The van der Waals surface area contributed by atoms with E-state index in [0.717, 1.165) is 5.69 Å². The largest absolute Gasteiger partial charge is 0.387 e. The van der Waals surface area contributed by atoms with Gasteiger partial charge in [0.1, 0.15) is 0 Å². The summed E-state index contributed by atoms with van der Waals surface area (Å²) in [6.07, 6.45) is 0. The molecule has 0 heterocycles. The zero-order valence-corrected chi connectivity index (χ0v) is 11.0. The van der Waals surface area contributed by atoms with Crippen molar-refractivity contribution in [2.75, 3.05) is 32.5 Å². The van der Waals surface area contributed by atoms with Gasteiger partial charge in [-0.1, -0.05) is 12.1 Å². The molecule has 2 N–H and O–H groups in total. The first-order valence-electron chi connectivity index (χ1n) is 5.89. The van der Waals surface area contributed by atoms with Crippen LogP contribution in [0.2, 0.25) is 0 Å². The van der Waals surface area contributed by atoms with E-state index in [4.69, 9.17) is 0 Å². The lowest BCUT2D eigenvalue weighted by atomic mass is 10.1. The van der Waals surface area contributed by atoms with Crippen molar-refractivity contribution in [2.24, 2.45) is 0 Å². The van der Waals surface area contributed by atoms with Crippen LogP contribution in [0.4, 0.5) is 5.69 Å². The van der Waals surface area contributed by atoms with Gasteiger partial charge in [-0.05, 0) is 19.1 Å². The molecule has 1 aromatic rings. The summed E-state index contributed by atoms with van der Waals surface area (Å²) >= 11 is 0. The van der Waals surface area contributed by atoms with Crippen molar-refractivity contribution in [2.45, 2.75) is 6.92 Å². The smallest absolute Gasteiger partial charge is 0.253 e. The van der Waals surface area contributed by atoms with Gasteiger partial charge in [-0.15, -0.1) is 0 Å². The highest BCUT2D eigenvalue weighted by Crippen LogP contribution is 2.13. The number of anilines is 1. The van der Waals surface area contributed by atoms with Crippen LogP contribution < -0.4 is 10.6 Å². The van der Waals surface area contributed by atoms with Gasteiger partial charge >= 0.3 is 0 Å². The molecule has 18 heavy (non-hydrogen) atoms. The molecule has 2 amide bonds. The van der Waals surface area contributed by atoms with Gasteiger partial charge in [0.25, 0.3) is 5.91 Å². The Kier molecular flexibility index (Phi) is 5.17. The Morgan fingerprint density at radius 2 is 1.94 bits per heavy atom.